The lowest BCUT2D eigenvalue weighted by Crippen LogP contribution is -2.33. The van der Waals surface area contributed by atoms with Gasteiger partial charge in [0, 0.05) is 19.6 Å². The molecule has 1 heterocycles. The number of nitrogens with zero attached hydrogens (tertiary/aromatic N) is 2. The first kappa shape index (κ1) is 10.9. The molecule has 0 unspecified atom stereocenters. The SMILES string of the molecule is CCN(C(=O)c1ccc(NC)cn1)C1CC1. The summed E-state index contributed by atoms with van der Waals surface area (Å²) in [5.41, 5.74) is 1.46. The number of amides is 1. The van der Waals surface area contributed by atoms with Crippen LogP contribution in [0.4, 0.5) is 5.69 Å². The number of anilines is 1. The summed E-state index contributed by atoms with van der Waals surface area (Å²) in [6, 6.07) is 4.10. The van der Waals surface area contributed by atoms with Crippen LogP contribution in [0, 0.1) is 0 Å². The van der Waals surface area contributed by atoms with Crippen LogP contribution in [0.25, 0.3) is 0 Å². The van der Waals surface area contributed by atoms with Crippen molar-refractivity contribution in [3.05, 3.63) is 24.0 Å². The summed E-state index contributed by atoms with van der Waals surface area (Å²) in [5.74, 6) is 0.0488. The van der Waals surface area contributed by atoms with Gasteiger partial charge in [0.2, 0.25) is 0 Å². The van der Waals surface area contributed by atoms with Crippen molar-refractivity contribution in [2.45, 2.75) is 25.8 Å². The molecule has 1 aliphatic carbocycles. The molecule has 1 amide bonds. The van der Waals surface area contributed by atoms with Gasteiger partial charge in [0.05, 0.1) is 11.9 Å². The molecule has 0 aromatic carbocycles. The molecule has 0 atom stereocenters. The van der Waals surface area contributed by atoms with Crippen molar-refractivity contribution in [1.29, 1.82) is 0 Å². The number of rotatable bonds is 4. The molecule has 1 aliphatic rings. The summed E-state index contributed by atoms with van der Waals surface area (Å²) in [7, 11) is 1.83. The Morgan fingerprint density at radius 2 is 2.31 bits per heavy atom. The summed E-state index contributed by atoms with van der Waals surface area (Å²) in [5, 5.41) is 2.98. The van der Waals surface area contributed by atoms with Crippen molar-refractivity contribution in [2.75, 3.05) is 18.9 Å². The van der Waals surface area contributed by atoms with Gasteiger partial charge in [-0.2, -0.15) is 0 Å². The zero-order valence-electron chi connectivity index (χ0n) is 9.73. The van der Waals surface area contributed by atoms with E-state index in [1.807, 2.05) is 24.9 Å². The van der Waals surface area contributed by atoms with Gasteiger partial charge in [0.1, 0.15) is 5.69 Å². The molecule has 16 heavy (non-hydrogen) atoms. The number of carbonyl (C=O) groups excluding carboxylic acids is 1. The molecule has 0 radical (unpaired) electrons. The molecule has 1 fully saturated rings. The maximum absolute atomic E-state index is 12.1. The van der Waals surface area contributed by atoms with Crippen LogP contribution < -0.4 is 5.32 Å². The van der Waals surface area contributed by atoms with Crippen LogP contribution >= 0.6 is 0 Å². The Morgan fingerprint density at radius 3 is 2.75 bits per heavy atom. The van der Waals surface area contributed by atoms with Crippen molar-refractivity contribution >= 4 is 11.6 Å². The Kier molecular flexibility index (Phi) is 3.08. The first-order valence-electron chi connectivity index (χ1n) is 5.71. The fourth-order valence-electron chi connectivity index (χ4n) is 1.77. The summed E-state index contributed by atoms with van der Waals surface area (Å²) < 4.78 is 0. The Morgan fingerprint density at radius 1 is 1.56 bits per heavy atom. The highest BCUT2D eigenvalue weighted by atomic mass is 16.2. The molecule has 0 bridgehead atoms. The molecule has 2 rings (SSSR count). The van der Waals surface area contributed by atoms with Crippen LogP contribution in [-0.2, 0) is 0 Å². The molecular formula is C12H17N3O. The second kappa shape index (κ2) is 4.51. The van der Waals surface area contributed by atoms with Gasteiger partial charge in [0.25, 0.3) is 5.91 Å². The van der Waals surface area contributed by atoms with E-state index < -0.39 is 0 Å². The van der Waals surface area contributed by atoms with E-state index in [9.17, 15) is 4.79 Å². The molecule has 1 aromatic rings. The first-order chi connectivity index (χ1) is 7.76. The Labute approximate surface area is 95.7 Å². The fourth-order valence-corrected chi connectivity index (χ4v) is 1.77. The molecule has 4 heteroatoms. The van der Waals surface area contributed by atoms with Crippen LogP contribution in [0.2, 0.25) is 0 Å². The summed E-state index contributed by atoms with van der Waals surface area (Å²) in [4.78, 5) is 18.2. The highest BCUT2D eigenvalue weighted by Gasteiger charge is 2.32. The molecular weight excluding hydrogens is 202 g/mol. The number of nitrogens with one attached hydrogen (secondary N) is 1. The average Bonchev–Trinajstić information content (AvgIpc) is 3.14. The maximum atomic E-state index is 12.1. The van der Waals surface area contributed by atoms with Gasteiger partial charge >= 0.3 is 0 Å². The molecule has 0 saturated heterocycles. The van der Waals surface area contributed by atoms with Crippen molar-refractivity contribution < 1.29 is 4.79 Å². The van der Waals surface area contributed by atoms with Gasteiger partial charge in [-0.15, -0.1) is 0 Å². The van der Waals surface area contributed by atoms with E-state index in [1.165, 1.54) is 0 Å². The second-order valence-corrected chi connectivity index (χ2v) is 4.00. The van der Waals surface area contributed by atoms with Crippen LogP contribution in [0.15, 0.2) is 18.3 Å². The number of hydrogen-bond acceptors (Lipinski definition) is 3. The predicted octanol–water partition coefficient (Wildman–Crippen LogP) is 1.75. The van der Waals surface area contributed by atoms with Gasteiger partial charge in [-0.3, -0.25) is 4.79 Å². The van der Waals surface area contributed by atoms with E-state index in [4.69, 9.17) is 0 Å². The molecule has 4 nitrogen and oxygen atoms in total. The summed E-state index contributed by atoms with van der Waals surface area (Å²) in [6.45, 7) is 2.77. The summed E-state index contributed by atoms with van der Waals surface area (Å²) >= 11 is 0. The molecule has 1 aromatic heterocycles. The largest absolute Gasteiger partial charge is 0.387 e. The lowest BCUT2D eigenvalue weighted by molar-refractivity contribution is 0.0746. The van der Waals surface area contributed by atoms with Gasteiger partial charge < -0.3 is 10.2 Å². The molecule has 1 N–H and O–H groups in total. The fraction of sp³-hybridized carbons (Fsp3) is 0.500. The Balaban J connectivity index is 2.12. The Hall–Kier alpha value is -1.58. The van der Waals surface area contributed by atoms with E-state index in [1.54, 1.807) is 12.3 Å². The molecule has 86 valence electrons. The third-order valence-electron chi connectivity index (χ3n) is 2.86. The van der Waals surface area contributed by atoms with Crippen LogP contribution in [-0.4, -0.2) is 35.4 Å². The lowest BCUT2D eigenvalue weighted by atomic mass is 10.3. The predicted molar refractivity (Wildman–Crippen MR) is 63.5 cm³/mol. The van der Waals surface area contributed by atoms with Gasteiger partial charge in [-0.05, 0) is 31.9 Å². The third kappa shape index (κ3) is 2.15. The quantitative estimate of drug-likeness (QED) is 0.839. The zero-order valence-corrected chi connectivity index (χ0v) is 9.73. The third-order valence-corrected chi connectivity index (χ3v) is 2.86. The minimum Gasteiger partial charge on any atom is -0.387 e. The molecule has 1 saturated carbocycles. The monoisotopic (exact) mass is 219 g/mol. The lowest BCUT2D eigenvalue weighted by Gasteiger charge is -2.19. The maximum Gasteiger partial charge on any atom is 0.272 e. The highest BCUT2D eigenvalue weighted by Crippen LogP contribution is 2.27. The number of hydrogen-bond donors (Lipinski definition) is 1. The number of carbonyl (C=O) groups is 1. The van der Waals surface area contributed by atoms with E-state index in [2.05, 4.69) is 10.3 Å². The van der Waals surface area contributed by atoms with Crippen molar-refractivity contribution in [3.8, 4) is 0 Å². The van der Waals surface area contributed by atoms with Crippen molar-refractivity contribution in [2.24, 2.45) is 0 Å². The van der Waals surface area contributed by atoms with E-state index in [-0.39, 0.29) is 5.91 Å². The van der Waals surface area contributed by atoms with E-state index >= 15 is 0 Å². The minimum atomic E-state index is 0.0488. The van der Waals surface area contributed by atoms with Crippen LogP contribution in [0.5, 0.6) is 0 Å². The van der Waals surface area contributed by atoms with Crippen LogP contribution in [0.3, 0.4) is 0 Å². The van der Waals surface area contributed by atoms with Gasteiger partial charge in [-0.25, -0.2) is 4.98 Å². The minimum absolute atomic E-state index is 0.0488. The van der Waals surface area contributed by atoms with Crippen molar-refractivity contribution in [1.82, 2.24) is 9.88 Å². The van der Waals surface area contributed by atoms with E-state index in [0.717, 1.165) is 25.1 Å². The van der Waals surface area contributed by atoms with Gasteiger partial charge in [0.15, 0.2) is 0 Å². The number of pyridine rings is 1. The normalized spacial score (nSPS) is 14.6. The standard InChI is InChI=1S/C12H17N3O/c1-3-15(10-5-6-10)12(16)11-7-4-9(13-2)8-14-11/h4,7-8,10,13H,3,5-6H2,1-2H3. The Bertz CT molecular complexity index is 370. The first-order valence-corrected chi connectivity index (χ1v) is 5.71. The average molecular weight is 219 g/mol. The van der Waals surface area contributed by atoms with Crippen molar-refractivity contribution in [3.63, 3.8) is 0 Å². The topological polar surface area (TPSA) is 45.2 Å². The zero-order chi connectivity index (χ0) is 11.5. The summed E-state index contributed by atoms with van der Waals surface area (Å²) in [6.07, 6.45) is 3.95. The second-order valence-electron chi connectivity index (χ2n) is 4.00. The van der Waals surface area contributed by atoms with Crippen LogP contribution in [0.1, 0.15) is 30.3 Å². The van der Waals surface area contributed by atoms with E-state index in [0.29, 0.717) is 11.7 Å². The van der Waals surface area contributed by atoms with Gasteiger partial charge in [-0.1, -0.05) is 0 Å². The molecule has 0 spiro atoms. The highest BCUT2D eigenvalue weighted by molar-refractivity contribution is 5.92. The smallest absolute Gasteiger partial charge is 0.272 e. The number of aromatic nitrogens is 1. The molecule has 0 aliphatic heterocycles.